The van der Waals surface area contributed by atoms with Crippen molar-refractivity contribution in [1.82, 2.24) is 10.2 Å². The molecule has 0 spiro atoms. The van der Waals surface area contributed by atoms with Gasteiger partial charge in [-0.1, -0.05) is 22.5 Å². The fourth-order valence-electron chi connectivity index (χ4n) is 2.06. The van der Waals surface area contributed by atoms with Gasteiger partial charge in [0.15, 0.2) is 0 Å². The maximum absolute atomic E-state index is 12.0. The van der Waals surface area contributed by atoms with Crippen LogP contribution in [0.4, 0.5) is 4.79 Å². The zero-order chi connectivity index (χ0) is 14.5. The number of halogens is 1. The molecule has 0 aromatic heterocycles. The Morgan fingerprint density at radius 2 is 2.11 bits per heavy atom. The van der Waals surface area contributed by atoms with E-state index in [-0.39, 0.29) is 6.09 Å². The number of ether oxygens (including phenoxy) is 1. The Labute approximate surface area is 124 Å². The Bertz CT molecular complexity index is 326. The summed E-state index contributed by atoms with van der Waals surface area (Å²) in [7, 11) is 0. The van der Waals surface area contributed by atoms with E-state index in [1.165, 1.54) is 0 Å². The first-order chi connectivity index (χ1) is 8.78. The van der Waals surface area contributed by atoms with Crippen molar-refractivity contribution < 1.29 is 9.53 Å². The summed E-state index contributed by atoms with van der Waals surface area (Å²) in [4.78, 5) is 13.8. The molecule has 1 amide bonds. The highest BCUT2D eigenvalue weighted by molar-refractivity contribution is 9.11. The lowest BCUT2D eigenvalue weighted by molar-refractivity contribution is 0.0256. The average Bonchev–Trinajstić information content (AvgIpc) is 2.49. The first-order valence-corrected chi connectivity index (χ1v) is 7.62. The van der Waals surface area contributed by atoms with Gasteiger partial charge in [0, 0.05) is 30.2 Å². The van der Waals surface area contributed by atoms with Gasteiger partial charge in [0.25, 0.3) is 0 Å². The summed E-state index contributed by atoms with van der Waals surface area (Å²) in [6.07, 6.45) is 2.85. The lowest BCUT2D eigenvalue weighted by Crippen LogP contribution is -2.38. The van der Waals surface area contributed by atoms with Crippen LogP contribution in [0.3, 0.4) is 0 Å². The van der Waals surface area contributed by atoms with Gasteiger partial charge in [-0.2, -0.15) is 0 Å². The first-order valence-electron chi connectivity index (χ1n) is 6.82. The minimum Gasteiger partial charge on any atom is -0.444 e. The number of nitrogens with zero attached hydrogens (tertiary/aromatic N) is 1. The van der Waals surface area contributed by atoms with Gasteiger partial charge in [0.1, 0.15) is 5.60 Å². The molecular formula is C14H25BrN2O2. The Balaban J connectivity index is 2.41. The maximum Gasteiger partial charge on any atom is 0.410 e. The van der Waals surface area contributed by atoms with Gasteiger partial charge in [-0.3, -0.25) is 0 Å². The molecule has 0 aliphatic carbocycles. The predicted octanol–water partition coefficient (Wildman–Crippen LogP) is 3.27. The highest BCUT2D eigenvalue weighted by Gasteiger charge is 2.24. The molecule has 1 unspecified atom stereocenters. The van der Waals surface area contributed by atoms with Crippen molar-refractivity contribution in [2.24, 2.45) is 0 Å². The van der Waals surface area contributed by atoms with Crippen molar-refractivity contribution in [3.8, 4) is 0 Å². The summed E-state index contributed by atoms with van der Waals surface area (Å²) in [6.45, 7) is 11.8. The Morgan fingerprint density at radius 1 is 1.42 bits per heavy atom. The minimum absolute atomic E-state index is 0.196. The normalized spacial score (nSPS) is 20.8. The van der Waals surface area contributed by atoms with Crippen LogP contribution in [0.2, 0.25) is 0 Å². The van der Waals surface area contributed by atoms with Crippen LogP contribution in [0.1, 0.15) is 40.0 Å². The van der Waals surface area contributed by atoms with Crippen molar-refractivity contribution >= 4 is 22.0 Å². The molecule has 5 heteroatoms. The number of amides is 1. The van der Waals surface area contributed by atoms with Crippen LogP contribution in [-0.2, 0) is 4.74 Å². The van der Waals surface area contributed by atoms with Crippen LogP contribution >= 0.6 is 15.9 Å². The molecule has 1 atom stereocenters. The third-order valence-corrected chi connectivity index (χ3v) is 3.24. The van der Waals surface area contributed by atoms with Crippen LogP contribution in [0, 0.1) is 0 Å². The van der Waals surface area contributed by atoms with Crippen LogP contribution in [0.5, 0.6) is 0 Å². The summed E-state index contributed by atoms with van der Waals surface area (Å²) >= 11 is 3.35. The third kappa shape index (κ3) is 6.97. The topological polar surface area (TPSA) is 41.6 Å². The van der Waals surface area contributed by atoms with Gasteiger partial charge in [-0.25, -0.2) is 4.79 Å². The number of carbonyl (C=O) groups is 1. The molecule has 0 saturated carbocycles. The maximum atomic E-state index is 12.0. The molecule has 1 aliphatic heterocycles. The van der Waals surface area contributed by atoms with Gasteiger partial charge in [-0.15, -0.1) is 0 Å². The van der Waals surface area contributed by atoms with Gasteiger partial charge in [0.2, 0.25) is 0 Å². The molecule has 1 saturated heterocycles. The lowest BCUT2D eigenvalue weighted by atomic mass is 10.1. The molecule has 0 radical (unpaired) electrons. The number of hydrogen-bond donors (Lipinski definition) is 1. The fraction of sp³-hybridized carbons (Fsp3) is 0.786. The molecule has 19 heavy (non-hydrogen) atoms. The fourth-order valence-corrected chi connectivity index (χ4v) is 2.23. The zero-order valence-electron chi connectivity index (χ0n) is 12.2. The highest BCUT2D eigenvalue weighted by atomic mass is 79.9. The smallest absolute Gasteiger partial charge is 0.410 e. The second-order valence-electron chi connectivity index (χ2n) is 5.99. The molecule has 1 aliphatic rings. The number of carbonyl (C=O) groups excluding carboxylic acids is 1. The summed E-state index contributed by atoms with van der Waals surface area (Å²) < 4.78 is 6.37. The lowest BCUT2D eigenvalue weighted by Gasteiger charge is -2.26. The quantitative estimate of drug-likeness (QED) is 0.862. The van der Waals surface area contributed by atoms with E-state index in [1.807, 2.05) is 25.7 Å². The number of likely N-dealkylation sites (tertiary alicyclic amines) is 1. The monoisotopic (exact) mass is 332 g/mol. The molecule has 0 bridgehead atoms. The largest absolute Gasteiger partial charge is 0.444 e. The van der Waals surface area contributed by atoms with E-state index in [2.05, 4.69) is 27.8 Å². The second kappa shape index (κ2) is 7.29. The van der Waals surface area contributed by atoms with Crippen LogP contribution in [-0.4, -0.2) is 42.3 Å². The van der Waals surface area contributed by atoms with E-state index < -0.39 is 5.60 Å². The number of hydrogen-bond acceptors (Lipinski definition) is 3. The molecule has 0 aromatic carbocycles. The third-order valence-electron chi connectivity index (χ3n) is 2.96. The Morgan fingerprint density at radius 3 is 2.68 bits per heavy atom. The highest BCUT2D eigenvalue weighted by Crippen LogP contribution is 2.15. The molecule has 1 heterocycles. The van der Waals surface area contributed by atoms with Crippen LogP contribution in [0.15, 0.2) is 11.1 Å². The summed E-state index contributed by atoms with van der Waals surface area (Å²) in [5, 5.41) is 3.44. The van der Waals surface area contributed by atoms with Gasteiger partial charge in [-0.05, 0) is 40.0 Å². The van der Waals surface area contributed by atoms with Crippen molar-refractivity contribution in [2.45, 2.75) is 51.7 Å². The van der Waals surface area contributed by atoms with E-state index in [0.717, 1.165) is 43.4 Å². The van der Waals surface area contributed by atoms with Crippen molar-refractivity contribution in [3.05, 3.63) is 11.1 Å². The van der Waals surface area contributed by atoms with Gasteiger partial charge in [0.05, 0.1) is 0 Å². The van der Waals surface area contributed by atoms with Crippen molar-refractivity contribution in [2.75, 3.05) is 19.6 Å². The number of rotatable bonds is 3. The zero-order valence-corrected chi connectivity index (χ0v) is 13.8. The molecular weight excluding hydrogens is 308 g/mol. The molecule has 0 aromatic rings. The summed E-state index contributed by atoms with van der Waals surface area (Å²) in [5.74, 6) is 0. The summed E-state index contributed by atoms with van der Waals surface area (Å²) in [6, 6.07) is 0.446. The number of nitrogens with one attached hydrogen (secondary N) is 1. The standard InChI is InChI=1S/C14H25BrN2O2/c1-11(15)10-16-12-6-5-8-17(9-7-12)13(18)19-14(2,3)4/h12,16H,1,5-10H2,2-4H3. The molecule has 1 N–H and O–H groups in total. The van der Waals surface area contributed by atoms with E-state index in [0.29, 0.717) is 6.04 Å². The molecule has 110 valence electrons. The molecule has 1 rings (SSSR count). The van der Waals surface area contributed by atoms with E-state index in [1.54, 1.807) is 0 Å². The molecule has 4 nitrogen and oxygen atoms in total. The Kier molecular flexibility index (Phi) is 6.33. The van der Waals surface area contributed by atoms with E-state index in [9.17, 15) is 4.79 Å². The summed E-state index contributed by atoms with van der Waals surface area (Å²) in [5.41, 5.74) is -0.422. The van der Waals surface area contributed by atoms with Gasteiger partial charge >= 0.3 is 6.09 Å². The van der Waals surface area contributed by atoms with Crippen molar-refractivity contribution in [1.29, 1.82) is 0 Å². The Hall–Kier alpha value is -0.550. The minimum atomic E-state index is -0.422. The van der Waals surface area contributed by atoms with Gasteiger partial charge < -0.3 is 15.0 Å². The average molecular weight is 333 g/mol. The SMILES string of the molecule is C=C(Br)CNC1CCCN(C(=O)OC(C)(C)C)CC1. The van der Waals surface area contributed by atoms with Crippen LogP contribution < -0.4 is 5.32 Å². The first kappa shape index (κ1) is 16.5. The predicted molar refractivity (Wildman–Crippen MR) is 81.5 cm³/mol. The van der Waals surface area contributed by atoms with Crippen LogP contribution in [0.25, 0.3) is 0 Å². The van der Waals surface area contributed by atoms with E-state index >= 15 is 0 Å². The van der Waals surface area contributed by atoms with Crippen molar-refractivity contribution in [3.63, 3.8) is 0 Å². The van der Waals surface area contributed by atoms with E-state index in [4.69, 9.17) is 4.74 Å². The molecule has 1 fully saturated rings. The second-order valence-corrected chi connectivity index (χ2v) is 7.11.